The van der Waals surface area contributed by atoms with Gasteiger partial charge in [0.1, 0.15) is 0 Å². The van der Waals surface area contributed by atoms with Crippen molar-refractivity contribution in [2.75, 3.05) is 43.9 Å². The molecule has 0 bridgehead atoms. The first-order chi connectivity index (χ1) is 14.4. The smallest absolute Gasteiger partial charge is 0.317 e. The van der Waals surface area contributed by atoms with E-state index < -0.39 is 10.0 Å². The maximum atomic E-state index is 12.5. The summed E-state index contributed by atoms with van der Waals surface area (Å²) in [5, 5.41) is 2.82. The Morgan fingerprint density at radius 3 is 2.53 bits per heavy atom. The largest absolute Gasteiger partial charge is 0.376 e. The fourth-order valence-corrected chi connectivity index (χ4v) is 4.92. The number of aromatic nitrogens is 2. The first kappa shape index (κ1) is 22.7. The normalized spacial score (nSPS) is 23.4. The van der Waals surface area contributed by atoms with Crippen LogP contribution in [0.5, 0.6) is 0 Å². The predicted molar refractivity (Wildman–Crippen MR) is 114 cm³/mol. The van der Waals surface area contributed by atoms with Gasteiger partial charge in [-0.2, -0.15) is 0 Å². The maximum Gasteiger partial charge on any atom is 0.317 e. The molecule has 11 heteroatoms. The van der Waals surface area contributed by atoms with Gasteiger partial charge in [0.05, 0.1) is 25.0 Å². The van der Waals surface area contributed by atoms with E-state index in [1.165, 1.54) is 0 Å². The predicted octanol–water partition coefficient (Wildman–Crippen LogP) is 0.574. The van der Waals surface area contributed by atoms with Crippen LogP contribution in [0.25, 0.3) is 0 Å². The number of rotatable bonds is 7. The monoisotopic (exact) mass is 440 g/mol. The molecule has 2 aliphatic rings. The second-order valence-corrected chi connectivity index (χ2v) is 9.58. The van der Waals surface area contributed by atoms with Gasteiger partial charge >= 0.3 is 6.03 Å². The Balaban J connectivity index is 1.59. The number of piperidine rings is 2. The number of sulfonamides is 1. The molecule has 2 amide bonds. The number of likely N-dealkylation sites (tertiary alicyclic amines) is 1. The van der Waals surface area contributed by atoms with Gasteiger partial charge in [0, 0.05) is 44.6 Å². The summed E-state index contributed by atoms with van der Waals surface area (Å²) >= 11 is 0. The van der Waals surface area contributed by atoms with Gasteiger partial charge in [0.2, 0.25) is 16.0 Å². The minimum atomic E-state index is -3.38. The van der Waals surface area contributed by atoms with E-state index in [-0.39, 0.29) is 24.2 Å². The zero-order valence-electron chi connectivity index (χ0n) is 17.7. The molecule has 2 fully saturated rings. The van der Waals surface area contributed by atoms with Crippen LogP contribution < -0.4 is 14.9 Å². The van der Waals surface area contributed by atoms with E-state index in [0.717, 1.165) is 44.6 Å². The lowest BCUT2D eigenvalue weighted by Gasteiger charge is -2.42. The van der Waals surface area contributed by atoms with Gasteiger partial charge < -0.3 is 19.9 Å². The van der Waals surface area contributed by atoms with Gasteiger partial charge in [-0.25, -0.2) is 27.9 Å². The third kappa shape index (κ3) is 6.26. The summed E-state index contributed by atoms with van der Waals surface area (Å²) in [6.07, 6.45) is 7.76. The summed E-state index contributed by atoms with van der Waals surface area (Å²) in [6, 6.07) is 0.928. The molecule has 0 aliphatic carbocycles. The zero-order chi connectivity index (χ0) is 21.6. The molecule has 0 radical (unpaired) electrons. The second kappa shape index (κ2) is 10.4. The number of hydrogen-bond acceptors (Lipinski definition) is 7. The molecule has 2 N–H and O–H groups in total. The number of amides is 2. The quantitative estimate of drug-likeness (QED) is 0.637. The lowest BCUT2D eigenvalue weighted by Crippen LogP contribution is -2.60. The highest BCUT2D eigenvalue weighted by atomic mass is 32.2. The second-order valence-electron chi connectivity index (χ2n) is 7.80. The van der Waals surface area contributed by atoms with Crippen molar-refractivity contribution in [3.63, 3.8) is 0 Å². The van der Waals surface area contributed by atoms with Crippen LogP contribution in [0.2, 0.25) is 0 Å². The lowest BCUT2D eigenvalue weighted by molar-refractivity contribution is -0.00988. The Morgan fingerprint density at radius 2 is 1.90 bits per heavy atom. The SMILES string of the molecule is CCNC(=O)N1CCCC(NS(C)(=O)=O)C1COC1CCN(c2ncccn2)CC1. The minimum Gasteiger partial charge on any atom is -0.376 e. The molecule has 3 heterocycles. The van der Waals surface area contributed by atoms with Gasteiger partial charge in [-0.05, 0) is 38.7 Å². The summed E-state index contributed by atoms with van der Waals surface area (Å²) in [7, 11) is -3.38. The summed E-state index contributed by atoms with van der Waals surface area (Å²) in [6.45, 7) is 4.87. The number of hydrogen-bond donors (Lipinski definition) is 2. The van der Waals surface area contributed by atoms with Crippen LogP contribution in [-0.4, -0.2) is 86.5 Å². The zero-order valence-corrected chi connectivity index (χ0v) is 18.5. The lowest BCUT2D eigenvalue weighted by atomic mass is 9.97. The number of anilines is 1. The van der Waals surface area contributed by atoms with Crippen LogP contribution in [0.3, 0.4) is 0 Å². The van der Waals surface area contributed by atoms with E-state index in [1.54, 1.807) is 23.4 Å². The Labute approximate surface area is 178 Å². The van der Waals surface area contributed by atoms with Crippen molar-refractivity contribution in [3.8, 4) is 0 Å². The fraction of sp³-hybridized carbons (Fsp3) is 0.737. The molecule has 1 aromatic heterocycles. The van der Waals surface area contributed by atoms with Crippen molar-refractivity contribution < 1.29 is 17.9 Å². The first-order valence-electron chi connectivity index (χ1n) is 10.5. The number of carbonyl (C=O) groups is 1. The minimum absolute atomic E-state index is 0.0573. The third-order valence-electron chi connectivity index (χ3n) is 5.51. The third-order valence-corrected chi connectivity index (χ3v) is 6.24. The highest BCUT2D eigenvalue weighted by molar-refractivity contribution is 7.88. The number of nitrogens with one attached hydrogen (secondary N) is 2. The van der Waals surface area contributed by atoms with E-state index in [9.17, 15) is 13.2 Å². The van der Waals surface area contributed by atoms with Crippen LogP contribution in [0.1, 0.15) is 32.6 Å². The maximum absolute atomic E-state index is 12.5. The van der Waals surface area contributed by atoms with Crippen molar-refractivity contribution in [2.24, 2.45) is 0 Å². The molecule has 3 rings (SSSR count). The molecular weight excluding hydrogens is 408 g/mol. The highest BCUT2D eigenvalue weighted by Gasteiger charge is 2.36. The van der Waals surface area contributed by atoms with Crippen molar-refractivity contribution in [3.05, 3.63) is 18.5 Å². The molecule has 0 aromatic carbocycles. The Bertz CT molecular complexity index is 785. The molecule has 10 nitrogen and oxygen atoms in total. The van der Waals surface area contributed by atoms with Crippen LogP contribution in [0, 0.1) is 0 Å². The number of ether oxygens (including phenoxy) is 1. The molecule has 0 spiro atoms. The van der Waals surface area contributed by atoms with Crippen molar-refractivity contribution in [1.29, 1.82) is 0 Å². The van der Waals surface area contributed by atoms with Crippen LogP contribution in [0.15, 0.2) is 18.5 Å². The molecule has 2 atom stereocenters. The molecule has 2 saturated heterocycles. The van der Waals surface area contributed by atoms with Gasteiger partial charge in [-0.15, -0.1) is 0 Å². The fourth-order valence-electron chi connectivity index (χ4n) is 4.09. The highest BCUT2D eigenvalue weighted by Crippen LogP contribution is 2.22. The molecule has 2 unspecified atom stereocenters. The van der Waals surface area contributed by atoms with Crippen LogP contribution in [0.4, 0.5) is 10.7 Å². The van der Waals surface area contributed by atoms with Gasteiger partial charge in [-0.3, -0.25) is 0 Å². The van der Waals surface area contributed by atoms with Crippen molar-refractivity contribution >= 4 is 22.0 Å². The summed E-state index contributed by atoms with van der Waals surface area (Å²) in [5.74, 6) is 0.725. The van der Waals surface area contributed by atoms with Gasteiger partial charge in [0.25, 0.3) is 0 Å². The van der Waals surface area contributed by atoms with Gasteiger partial charge in [0.15, 0.2) is 0 Å². The molecule has 2 aliphatic heterocycles. The van der Waals surface area contributed by atoms with Crippen molar-refractivity contribution in [2.45, 2.75) is 50.8 Å². The average molecular weight is 441 g/mol. The van der Waals surface area contributed by atoms with E-state index >= 15 is 0 Å². The molecule has 0 saturated carbocycles. The standard InChI is InChI=1S/C19H32N6O4S/c1-3-20-19(26)25-11-4-6-16(23-30(2,27)28)17(25)14-29-15-7-12-24(13-8-15)18-21-9-5-10-22-18/h5,9-10,15-17,23H,3-4,6-8,11-14H2,1-2H3,(H,20,26). The van der Waals surface area contributed by atoms with Crippen molar-refractivity contribution in [1.82, 2.24) is 24.9 Å². The van der Waals surface area contributed by atoms with E-state index in [1.807, 2.05) is 6.92 Å². The molecule has 1 aromatic rings. The average Bonchev–Trinajstić information content (AvgIpc) is 2.73. The van der Waals surface area contributed by atoms with Crippen LogP contribution >= 0.6 is 0 Å². The van der Waals surface area contributed by atoms with E-state index in [2.05, 4.69) is 24.9 Å². The Hall–Kier alpha value is -1.98. The molecule has 168 valence electrons. The molecular formula is C19H32N6O4S. The Morgan fingerprint density at radius 1 is 1.20 bits per heavy atom. The van der Waals surface area contributed by atoms with E-state index in [4.69, 9.17) is 4.74 Å². The Kier molecular flexibility index (Phi) is 7.84. The first-order valence-corrected chi connectivity index (χ1v) is 12.4. The number of urea groups is 1. The summed E-state index contributed by atoms with van der Waals surface area (Å²) < 4.78 is 32.6. The van der Waals surface area contributed by atoms with Gasteiger partial charge in [-0.1, -0.05) is 0 Å². The molecule has 30 heavy (non-hydrogen) atoms. The van der Waals surface area contributed by atoms with E-state index in [0.29, 0.717) is 26.1 Å². The topological polar surface area (TPSA) is 117 Å². The van der Waals surface area contributed by atoms with Crippen LogP contribution in [-0.2, 0) is 14.8 Å². The summed E-state index contributed by atoms with van der Waals surface area (Å²) in [4.78, 5) is 25.0. The number of nitrogens with zero attached hydrogens (tertiary/aromatic N) is 4. The number of carbonyl (C=O) groups excluding carboxylic acids is 1. The summed E-state index contributed by atoms with van der Waals surface area (Å²) in [5.41, 5.74) is 0.